The van der Waals surface area contributed by atoms with E-state index in [0.717, 1.165) is 50.2 Å². The predicted octanol–water partition coefficient (Wildman–Crippen LogP) is 3.73. The number of amides is 2. The monoisotopic (exact) mass is 640 g/mol. The second kappa shape index (κ2) is 18.2. The van der Waals surface area contributed by atoms with E-state index in [2.05, 4.69) is 45.9 Å². The quantitative estimate of drug-likeness (QED) is 0.208. The lowest BCUT2D eigenvalue weighted by Crippen LogP contribution is -2.47. The van der Waals surface area contributed by atoms with Gasteiger partial charge in [0.2, 0.25) is 5.91 Å². The minimum Gasteiger partial charge on any atom is -0.492 e. The van der Waals surface area contributed by atoms with Gasteiger partial charge in [-0.3, -0.25) is 4.79 Å². The van der Waals surface area contributed by atoms with Crippen LogP contribution in [0.1, 0.15) is 34.3 Å². The molecule has 5 rings (SSSR count). The number of aliphatic hydroxyl groups excluding tert-OH is 1. The Morgan fingerprint density at radius 2 is 1.73 bits per heavy atom. The van der Waals surface area contributed by atoms with Crippen LogP contribution in [0.2, 0.25) is 0 Å². The molecule has 0 saturated carbocycles. The fourth-order valence-electron chi connectivity index (χ4n) is 5.09. The molecule has 1 unspecified atom stereocenters. The van der Waals surface area contributed by atoms with E-state index in [0.29, 0.717) is 37.6 Å². The molecule has 2 heterocycles. The largest absolute Gasteiger partial charge is 0.492 e. The maximum absolute atomic E-state index is 11.2. The lowest BCUT2D eigenvalue weighted by atomic mass is 9.91. The number of nitrogens with zero attached hydrogens (tertiary/aromatic N) is 1. The Morgan fingerprint density at radius 3 is 2.38 bits per heavy atom. The van der Waals surface area contributed by atoms with Crippen molar-refractivity contribution in [3.05, 3.63) is 95.6 Å². The summed E-state index contributed by atoms with van der Waals surface area (Å²) in [5.41, 5.74) is 7.83. The van der Waals surface area contributed by atoms with Gasteiger partial charge in [-0.2, -0.15) is 0 Å². The molecule has 2 amide bonds. The van der Waals surface area contributed by atoms with Crippen LogP contribution < -0.4 is 25.8 Å². The summed E-state index contributed by atoms with van der Waals surface area (Å²) in [7, 11) is 0. The summed E-state index contributed by atoms with van der Waals surface area (Å²) < 4.78 is 16.6. The van der Waals surface area contributed by atoms with Gasteiger partial charge in [0.25, 0.3) is 0 Å². The zero-order valence-electron chi connectivity index (χ0n) is 25.8. The van der Waals surface area contributed by atoms with Crippen molar-refractivity contribution >= 4 is 24.4 Å². The molecule has 0 aliphatic carbocycles. The van der Waals surface area contributed by atoms with Gasteiger partial charge in [-0.05, 0) is 54.8 Å². The number of carbonyl (C=O) groups is 2. The Morgan fingerprint density at radius 1 is 1.04 bits per heavy atom. The summed E-state index contributed by atoms with van der Waals surface area (Å²) in [5, 5.41) is 15.8. The molecule has 1 spiro atoms. The molecule has 45 heavy (non-hydrogen) atoms. The van der Waals surface area contributed by atoms with Gasteiger partial charge in [0.05, 0.1) is 6.54 Å². The molecule has 5 N–H and O–H groups in total. The number of carbonyl (C=O) groups excluding carboxylic acids is 2. The molecule has 1 atom stereocenters. The van der Waals surface area contributed by atoms with Crippen LogP contribution in [0.25, 0.3) is 0 Å². The summed E-state index contributed by atoms with van der Waals surface area (Å²) in [5.74, 6) is 0.981. The van der Waals surface area contributed by atoms with Crippen LogP contribution in [0, 0.1) is 6.92 Å². The van der Waals surface area contributed by atoms with Crippen LogP contribution in [0.15, 0.2) is 78.9 Å². The number of benzene rings is 3. The van der Waals surface area contributed by atoms with Crippen LogP contribution in [0.3, 0.4) is 0 Å². The predicted molar refractivity (Wildman–Crippen MR) is 176 cm³/mol. The first-order valence-corrected chi connectivity index (χ1v) is 15.1. The lowest BCUT2D eigenvalue weighted by Gasteiger charge is -2.37. The van der Waals surface area contributed by atoms with E-state index in [1.165, 1.54) is 5.56 Å². The smallest absolute Gasteiger partial charge is 0.407 e. The Labute approximate surface area is 271 Å². The molecule has 3 aromatic carbocycles. The molecule has 2 saturated heterocycles. The van der Waals surface area contributed by atoms with E-state index in [1.807, 2.05) is 31.2 Å². The van der Waals surface area contributed by atoms with Crippen LogP contribution in [0.5, 0.6) is 11.5 Å². The van der Waals surface area contributed by atoms with Gasteiger partial charge in [0.15, 0.2) is 0 Å². The van der Waals surface area contributed by atoms with Gasteiger partial charge in [0.1, 0.15) is 36.4 Å². The van der Waals surface area contributed by atoms with E-state index < -0.39 is 12.0 Å². The highest BCUT2D eigenvalue weighted by Gasteiger charge is 2.42. The molecule has 11 heteroatoms. The van der Waals surface area contributed by atoms with Gasteiger partial charge < -0.3 is 40.6 Å². The van der Waals surface area contributed by atoms with Gasteiger partial charge in [0, 0.05) is 51.1 Å². The van der Waals surface area contributed by atoms with Gasteiger partial charge in [-0.1, -0.05) is 48.5 Å². The molecule has 2 aliphatic rings. The summed E-state index contributed by atoms with van der Waals surface area (Å²) >= 11 is 0. The first-order chi connectivity index (χ1) is 21.3. The van der Waals surface area contributed by atoms with E-state index in [1.54, 1.807) is 24.3 Å². The SMILES string of the molecule is Cc1ccccc1OCC(O)CNCCOc1ccc(C(N)=O)cc1.Cl.O=C1NCC2(CCN(CCc3ccccc3)CC2)O1. The minimum atomic E-state index is -0.602. The number of primary amides is 1. The normalized spacial score (nSPS) is 15.9. The zero-order chi connectivity index (χ0) is 31.2. The molecule has 2 aliphatic heterocycles. The maximum Gasteiger partial charge on any atom is 0.407 e. The number of piperidine rings is 1. The number of nitrogens with two attached hydrogens (primary N) is 1. The highest BCUT2D eigenvalue weighted by Crippen LogP contribution is 2.29. The number of hydrogen-bond acceptors (Lipinski definition) is 8. The summed E-state index contributed by atoms with van der Waals surface area (Å²) in [6.45, 7) is 7.43. The van der Waals surface area contributed by atoms with Crippen LogP contribution in [-0.2, 0) is 11.2 Å². The van der Waals surface area contributed by atoms with Crippen molar-refractivity contribution in [2.75, 3.05) is 52.5 Å². The average molecular weight is 641 g/mol. The Hall–Kier alpha value is -3.83. The third-order valence-electron chi connectivity index (χ3n) is 7.78. The van der Waals surface area contributed by atoms with E-state index >= 15 is 0 Å². The molecular weight excluding hydrogens is 596 g/mol. The van der Waals surface area contributed by atoms with Gasteiger partial charge in [-0.25, -0.2) is 4.79 Å². The Balaban J connectivity index is 0.000000248. The third-order valence-corrected chi connectivity index (χ3v) is 7.78. The molecule has 0 aromatic heterocycles. The Kier molecular flexibility index (Phi) is 14.4. The first-order valence-electron chi connectivity index (χ1n) is 15.1. The van der Waals surface area contributed by atoms with Gasteiger partial charge in [-0.15, -0.1) is 12.4 Å². The fourth-order valence-corrected chi connectivity index (χ4v) is 5.09. The molecule has 10 nitrogen and oxygen atoms in total. The van der Waals surface area contributed by atoms with Crippen LogP contribution >= 0.6 is 12.4 Å². The molecule has 244 valence electrons. The number of likely N-dealkylation sites (tertiary alicyclic amines) is 1. The summed E-state index contributed by atoms with van der Waals surface area (Å²) in [4.78, 5) is 24.6. The number of rotatable bonds is 13. The van der Waals surface area contributed by atoms with Crippen molar-refractivity contribution in [2.24, 2.45) is 5.73 Å². The lowest BCUT2D eigenvalue weighted by molar-refractivity contribution is 0.00122. The van der Waals surface area contributed by atoms with Crippen LogP contribution in [0.4, 0.5) is 4.79 Å². The average Bonchev–Trinajstić information content (AvgIpc) is 3.40. The summed E-state index contributed by atoms with van der Waals surface area (Å²) in [6.07, 6.45) is 2.12. The molecule has 0 bridgehead atoms. The van der Waals surface area contributed by atoms with E-state index in [-0.39, 0.29) is 30.7 Å². The standard InChI is InChI=1S/C19H24N2O4.C15H20N2O2.ClH/c1-14-4-2-3-5-18(14)25-13-16(22)12-21-10-11-24-17-8-6-15(7-9-17)19(20)23;18-14-16-12-15(19-14)7-10-17(11-8-15)9-6-13-4-2-1-3-5-13;/h2-9,16,21-22H,10-13H2,1H3,(H2,20,23);1-5H,6-12H2,(H,16,18);1H. The minimum absolute atomic E-state index is 0. The number of alkyl carbamates (subject to hydrolysis) is 1. The number of aliphatic hydroxyl groups is 1. The van der Waals surface area contributed by atoms with Crippen molar-refractivity contribution in [1.29, 1.82) is 0 Å². The van der Waals surface area contributed by atoms with Crippen molar-refractivity contribution in [1.82, 2.24) is 15.5 Å². The third kappa shape index (κ3) is 11.9. The zero-order valence-corrected chi connectivity index (χ0v) is 26.6. The number of para-hydroxylation sites is 1. The molecular formula is C34H45ClN4O6. The summed E-state index contributed by atoms with van der Waals surface area (Å²) in [6, 6.07) is 24.9. The van der Waals surface area contributed by atoms with Crippen molar-refractivity contribution < 1.29 is 28.9 Å². The topological polar surface area (TPSA) is 135 Å². The van der Waals surface area contributed by atoms with E-state index in [9.17, 15) is 14.7 Å². The number of nitrogens with one attached hydrogen (secondary N) is 2. The van der Waals surface area contributed by atoms with Crippen molar-refractivity contribution in [2.45, 2.75) is 37.9 Å². The second-order valence-electron chi connectivity index (χ2n) is 11.2. The van der Waals surface area contributed by atoms with Gasteiger partial charge >= 0.3 is 6.09 Å². The number of aryl methyl sites for hydroxylation is 1. The second-order valence-corrected chi connectivity index (χ2v) is 11.2. The van der Waals surface area contributed by atoms with Crippen LogP contribution in [-0.4, -0.2) is 86.2 Å². The van der Waals surface area contributed by atoms with Crippen molar-refractivity contribution in [3.8, 4) is 11.5 Å². The van der Waals surface area contributed by atoms with Crippen molar-refractivity contribution in [3.63, 3.8) is 0 Å². The molecule has 2 fully saturated rings. The maximum atomic E-state index is 11.2. The Bertz CT molecular complexity index is 1320. The number of halogens is 1. The molecule has 3 aromatic rings. The number of hydrogen-bond donors (Lipinski definition) is 4. The highest BCUT2D eigenvalue weighted by atomic mass is 35.5. The molecule has 0 radical (unpaired) electrons. The fraction of sp³-hybridized carbons (Fsp3) is 0.412. The first kappa shape index (κ1) is 35.6. The van der Waals surface area contributed by atoms with E-state index in [4.69, 9.17) is 19.9 Å². The highest BCUT2D eigenvalue weighted by molar-refractivity contribution is 5.92. The number of ether oxygens (including phenoxy) is 3.